The van der Waals surface area contributed by atoms with E-state index in [2.05, 4.69) is 54.9 Å². The normalized spacial score (nSPS) is 23.4. The van der Waals surface area contributed by atoms with Gasteiger partial charge in [-0.15, -0.1) is 0 Å². The van der Waals surface area contributed by atoms with Crippen LogP contribution in [0.5, 0.6) is 0 Å². The Morgan fingerprint density at radius 3 is 2.85 bits per heavy atom. The minimum Gasteiger partial charge on any atom is -0.311 e. The van der Waals surface area contributed by atoms with Crippen LogP contribution in [-0.2, 0) is 13.1 Å². The molecule has 1 aromatic rings. The molecule has 20 heavy (non-hydrogen) atoms. The third-order valence-corrected chi connectivity index (χ3v) is 4.34. The zero-order chi connectivity index (χ0) is 14.8. The molecule has 0 saturated carbocycles. The maximum Gasteiger partial charge on any atom is 0.141 e. The molecular weight excluding hydrogens is 250 g/mol. The molecule has 1 unspecified atom stereocenters. The van der Waals surface area contributed by atoms with Crippen molar-refractivity contribution in [3.05, 3.63) is 12.2 Å². The summed E-state index contributed by atoms with van der Waals surface area (Å²) < 4.78 is 2.04. The first-order valence-corrected chi connectivity index (χ1v) is 7.79. The van der Waals surface area contributed by atoms with Crippen LogP contribution in [0.4, 0.5) is 0 Å². The van der Waals surface area contributed by atoms with E-state index in [4.69, 9.17) is 0 Å². The van der Waals surface area contributed by atoms with Gasteiger partial charge in [0, 0.05) is 31.2 Å². The largest absolute Gasteiger partial charge is 0.311 e. The SMILES string of the molecule is CCCn1ncnc1CN1CC(C(C)C)NCC1(C)C. The van der Waals surface area contributed by atoms with Crippen molar-refractivity contribution in [2.75, 3.05) is 13.1 Å². The molecule has 1 N–H and O–H groups in total. The summed E-state index contributed by atoms with van der Waals surface area (Å²) in [6.45, 7) is 15.3. The van der Waals surface area contributed by atoms with E-state index in [-0.39, 0.29) is 5.54 Å². The predicted molar refractivity (Wildman–Crippen MR) is 81.4 cm³/mol. The molecule has 2 heterocycles. The van der Waals surface area contributed by atoms with Crippen molar-refractivity contribution in [3.8, 4) is 0 Å². The summed E-state index contributed by atoms with van der Waals surface area (Å²) in [7, 11) is 0. The summed E-state index contributed by atoms with van der Waals surface area (Å²) in [4.78, 5) is 7.00. The molecule has 2 rings (SSSR count). The first-order chi connectivity index (χ1) is 9.44. The number of rotatable bonds is 5. The molecule has 0 spiro atoms. The van der Waals surface area contributed by atoms with Gasteiger partial charge in [0.1, 0.15) is 12.2 Å². The first kappa shape index (κ1) is 15.4. The lowest BCUT2D eigenvalue weighted by Crippen LogP contribution is -2.62. The standard InChI is InChI=1S/C15H29N5/c1-6-7-20-14(17-11-18-20)9-19-8-13(12(2)3)16-10-15(19,4)5/h11-13,16H,6-10H2,1-5H3. The molecule has 1 atom stereocenters. The van der Waals surface area contributed by atoms with Crippen LogP contribution in [0.3, 0.4) is 0 Å². The molecule has 1 fully saturated rings. The molecule has 5 nitrogen and oxygen atoms in total. The van der Waals surface area contributed by atoms with Gasteiger partial charge in [0.25, 0.3) is 0 Å². The van der Waals surface area contributed by atoms with Crippen molar-refractivity contribution >= 4 is 0 Å². The van der Waals surface area contributed by atoms with Gasteiger partial charge < -0.3 is 5.32 Å². The van der Waals surface area contributed by atoms with Crippen LogP contribution in [-0.4, -0.2) is 44.3 Å². The number of piperazine rings is 1. The zero-order valence-corrected chi connectivity index (χ0v) is 13.6. The van der Waals surface area contributed by atoms with Crippen molar-refractivity contribution in [2.24, 2.45) is 5.92 Å². The Morgan fingerprint density at radius 2 is 2.20 bits per heavy atom. The van der Waals surface area contributed by atoms with E-state index in [9.17, 15) is 0 Å². The van der Waals surface area contributed by atoms with E-state index in [1.165, 1.54) is 0 Å². The smallest absolute Gasteiger partial charge is 0.141 e. The number of aryl methyl sites for hydroxylation is 1. The maximum atomic E-state index is 4.45. The molecule has 1 aliphatic rings. The number of nitrogens with zero attached hydrogens (tertiary/aromatic N) is 4. The van der Waals surface area contributed by atoms with Crippen LogP contribution in [0.15, 0.2) is 6.33 Å². The molecule has 1 aromatic heterocycles. The summed E-state index contributed by atoms with van der Waals surface area (Å²) in [6, 6.07) is 0.561. The van der Waals surface area contributed by atoms with E-state index >= 15 is 0 Å². The van der Waals surface area contributed by atoms with Crippen LogP contribution in [0.2, 0.25) is 0 Å². The third kappa shape index (κ3) is 3.38. The summed E-state index contributed by atoms with van der Waals surface area (Å²) in [6.07, 6.45) is 2.77. The number of hydrogen-bond donors (Lipinski definition) is 1. The zero-order valence-electron chi connectivity index (χ0n) is 13.6. The molecule has 5 heteroatoms. The fourth-order valence-electron chi connectivity index (χ4n) is 2.75. The van der Waals surface area contributed by atoms with Gasteiger partial charge >= 0.3 is 0 Å². The highest BCUT2D eigenvalue weighted by atomic mass is 15.4. The Labute approximate surface area is 122 Å². The van der Waals surface area contributed by atoms with Crippen LogP contribution >= 0.6 is 0 Å². The Hall–Kier alpha value is -0.940. The monoisotopic (exact) mass is 279 g/mol. The summed E-state index contributed by atoms with van der Waals surface area (Å²) in [5.41, 5.74) is 0.161. The number of nitrogens with one attached hydrogen (secondary N) is 1. The lowest BCUT2D eigenvalue weighted by Gasteiger charge is -2.47. The third-order valence-electron chi connectivity index (χ3n) is 4.34. The molecule has 0 aromatic carbocycles. The van der Waals surface area contributed by atoms with Gasteiger partial charge in [-0.25, -0.2) is 9.67 Å². The van der Waals surface area contributed by atoms with E-state index in [0.29, 0.717) is 12.0 Å². The average molecular weight is 279 g/mol. The highest BCUT2D eigenvalue weighted by molar-refractivity contribution is 4.97. The van der Waals surface area contributed by atoms with Crippen molar-refractivity contribution in [3.63, 3.8) is 0 Å². The van der Waals surface area contributed by atoms with E-state index in [0.717, 1.165) is 38.4 Å². The minimum absolute atomic E-state index is 0.161. The average Bonchev–Trinajstić information content (AvgIpc) is 2.79. The molecule has 0 aliphatic carbocycles. The summed E-state index contributed by atoms with van der Waals surface area (Å²) >= 11 is 0. The number of aromatic nitrogens is 3. The molecular formula is C15H29N5. The minimum atomic E-state index is 0.161. The Balaban J connectivity index is 2.10. The highest BCUT2D eigenvalue weighted by Gasteiger charge is 2.35. The van der Waals surface area contributed by atoms with Gasteiger partial charge in [0.05, 0.1) is 6.54 Å². The summed E-state index contributed by atoms with van der Waals surface area (Å²) in [5, 5.41) is 8.01. The van der Waals surface area contributed by atoms with Crippen molar-refractivity contribution in [1.29, 1.82) is 0 Å². The molecule has 114 valence electrons. The second kappa shape index (κ2) is 6.22. The molecule has 1 saturated heterocycles. The highest BCUT2D eigenvalue weighted by Crippen LogP contribution is 2.23. The fraction of sp³-hybridized carbons (Fsp3) is 0.867. The number of hydrogen-bond acceptors (Lipinski definition) is 4. The topological polar surface area (TPSA) is 46.0 Å². The quantitative estimate of drug-likeness (QED) is 0.894. The molecule has 1 aliphatic heterocycles. The fourth-order valence-corrected chi connectivity index (χ4v) is 2.75. The first-order valence-electron chi connectivity index (χ1n) is 7.79. The maximum absolute atomic E-state index is 4.45. The Bertz CT molecular complexity index is 424. The lowest BCUT2D eigenvalue weighted by molar-refractivity contribution is 0.0440. The van der Waals surface area contributed by atoms with E-state index in [1.807, 2.05) is 4.68 Å². The Morgan fingerprint density at radius 1 is 1.45 bits per heavy atom. The van der Waals surface area contributed by atoms with Crippen LogP contribution in [0.1, 0.15) is 46.9 Å². The van der Waals surface area contributed by atoms with Gasteiger partial charge in [-0.05, 0) is 26.2 Å². The predicted octanol–water partition coefficient (Wildman–Crippen LogP) is 1.90. The van der Waals surface area contributed by atoms with Gasteiger partial charge in [-0.3, -0.25) is 4.90 Å². The molecule has 0 amide bonds. The van der Waals surface area contributed by atoms with Gasteiger partial charge in [-0.1, -0.05) is 20.8 Å². The van der Waals surface area contributed by atoms with Crippen LogP contribution < -0.4 is 5.32 Å². The lowest BCUT2D eigenvalue weighted by atomic mass is 9.93. The molecule has 0 bridgehead atoms. The van der Waals surface area contributed by atoms with Crippen molar-refractivity contribution < 1.29 is 0 Å². The second-order valence-corrected chi connectivity index (χ2v) is 6.82. The van der Waals surface area contributed by atoms with Gasteiger partial charge in [0.2, 0.25) is 0 Å². The van der Waals surface area contributed by atoms with Crippen LogP contribution in [0, 0.1) is 5.92 Å². The van der Waals surface area contributed by atoms with Gasteiger partial charge in [0.15, 0.2) is 0 Å². The molecule has 0 radical (unpaired) electrons. The van der Waals surface area contributed by atoms with Gasteiger partial charge in [-0.2, -0.15) is 5.10 Å². The Kier molecular flexibility index (Phi) is 4.81. The second-order valence-electron chi connectivity index (χ2n) is 6.82. The van der Waals surface area contributed by atoms with E-state index in [1.54, 1.807) is 6.33 Å². The van der Waals surface area contributed by atoms with Crippen LogP contribution in [0.25, 0.3) is 0 Å². The van der Waals surface area contributed by atoms with Crippen molar-refractivity contribution in [2.45, 2.75) is 65.7 Å². The van der Waals surface area contributed by atoms with Crippen molar-refractivity contribution in [1.82, 2.24) is 25.0 Å². The van der Waals surface area contributed by atoms with E-state index < -0.39 is 0 Å². The summed E-state index contributed by atoms with van der Waals surface area (Å²) in [5.74, 6) is 1.74.